The zero-order valence-corrected chi connectivity index (χ0v) is 10.6. The van der Waals surface area contributed by atoms with E-state index in [0.29, 0.717) is 12.6 Å². The summed E-state index contributed by atoms with van der Waals surface area (Å²) in [5.74, 6) is -0.116. The van der Waals surface area contributed by atoms with Crippen LogP contribution < -0.4 is 5.32 Å². The second-order valence-electron chi connectivity index (χ2n) is 4.39. The van der Waals surface area contributed by atoms with Gasteiger partial charge in [0.1, 0.15) is 6.04 Å². The van der Waals surface area contributed by atoms with Crippen molar-refractivity contribution in [1.82, 2.24) is 5.32 Å². The van der Waals surface area contributed by atoms with Gasteiger partial charge in [-0.15, -0.1) is 0 Å². The van der Waals surface area contributed by atoms with Crippen LogP contribution in [-0.2, 0) is 9.53 Å². The lowest BCUT2D eigenvalue weighted by Crippen LogP contribution is -2.14. The Morgan fingerprint density at radius 2 is 2.17 bits per heavy atom. The van der Waals surface area contributed by atoms with Gasteiger partial charge >= 0.3 is 5.97 Å². The standard InChI is InChI=1S/C15H19NO2/c1-2-18-15(17)14-13(16-14)11-7-6-10-12-8-4-3-5-9-12/h3-6,8-10,13-14,16H,2,7,11H2,1H3/b10-6+. The molecule has 96 valence electrons. The van der Waals surface area contributed by atoms with Gasteiger partial charge in [0, 0.05) is 6.04 Å². The van der Waals surface area contributed by atoms with E-state index in [1.165, 1.54) is 5.56 Å². The molecule has 0 saturated carbocycles. The number of hydrogen-bond acceptors (Lipinski definition) is 3. The van der Waals surface area contributed by atoms with E-state index in [-0.39, 0.29) is 12.0 Å². The first-order valence-electron chi connectivity index (χ1n) is 6.45. The van der Waals surface area contributed by atoms with E-state index in [4.69, 9.17) is 4.74 Å². The van der Waals surface area contributed by atoms with Gasteiger partial charge in [0.2, 0.25) is 0 Å². The number of hydrogen-bond donors (Lipinski definition) is 1. The minimum atomic E-state index is -0.116. The van der Waals surface area contributed by atoms with Gasteiger partial charge in [0.25, 0.3) is 0 Å². The quantitative estimate of drug-likeness (QED) is 0.618. The highest BCUT2D eigenvalue weighted by Gasteiger charge is 2.42. The summed E-state index contributed by atoms with van der Waals surface area (Å²) in [6.07, 6.45) is 6.22. The fourth-order valence-electron chi connectivity index (χ4n) is 1.95. The molecule has 1 fully saturated rings. The number of esters is 1. The minimum Gasteiger partial charge on any atom is -0.465 e. The SMILES string of the molecule is CCOC(=O)C1NC1CC/C=C/c1ccccc1. The summed E-state index contributed by atoms with van der Waals surface area (Å²) >= 11 is 0. The Bertz CT molecular complexity index is 414. The number of ether oxygens (including phenoxy) is 1. The van der Waals surface area contributed by atoms with Crippen molar-refractivity contribution in [2.75, 3.05) is 6.61 Å². The predicted octanol–water partition coefficient (Wildman–Crippen LogP) is 2.38. The Labute approximate surface area is 108 Å². The first-order valence-corrected chi connectivity index (χ1v) is 6.45. The number of benzene rings is 1. The molecule has 2 unspecified atom stereocenters. The molecule has 2 rings (SSSR count). The summed E-state index contributed by atoms with van der Waals surface area (Å²) in [5.41, 5.74) is 1.21. The van der Waals surface area contributed by atoms with Crippen molar-refractivity contribution in [3.05, 3.63) is 42.0 Å². The average molecular weight is 245 g/mol. The second-order valence-corrected chi connectivity index (χ2v) is 4.39. The van der Waals surface area contributed by atoms with Crippen LogP contribution in [0.2, 0.25) is 0 Å². The van der Waals surface area contributed by atoms with Crippen molar-refractivity contribution in [3.63, 3.8) is 0 Å². The second kappa shape index (κ2) is 6.36. The zero-order chi connectivity index (χ0) is 12.8. The van der Waals surface area contributed by atoms with Gasteiger partial charge in [-0.3, -0.25) is 10.1 Å². The molecule has 0 radical (unpaired) electrons. The Hall–Kier alpha value is -1.61. The highest BCUT2D eigenvalue weighted by molar-refractivity contribution is 5.80. The van der Waals surface area contributed by atoms with Gasteiger partial charge in [-0.05, 0) is 25.3 Å². The van der Waals surface area contributed by atoms with Crippen LogP contribution in [0.3, 0.4) is 0 Å². The van der Waals surface area contributed by atoms with Gasteiger partial charge in [0.05, 0.1) is 6.61 Å². The minimum absolute atomic E-state index is 0.0740. The number of allylic oxidation sites excluding steroid dienone is 1. The fourth-order valence-corrected chi connectivity index (χ4v) is 1.95. The van der Waals surface area contributed by atoms with Crippen LogP contribution in [0.25, 0.3) is 6.08 Å². The van der Waals surface area contributed by atoms with Crippen molar-refractivity contribution in [1.29, 1.82) is 0 Å². The number of nitrogens with one attached hydrogen (secondary N) is 1. The van der Waals surface area contributed by atoms with E-state index >= 15 is 0 Å². The summed E-state index contributed by atoms with van der Waals surface area (Å²) in [5, 5.41) is 3.14. The van der Waals surface area contributed by atoms with E-state index in [1.807, 2.05) is 25.1 Å². The van der Waals surface area contributed by atoms with E-state index < -0.39 is 0 Å². The monoisotopic (exact) mass is 245 g/mol. The molecule has 1 N–H and O–H groups in total. The zero-order valence-electron chi connectivity index (χ0n) is 10.6. The molecule has 1 aromatic carbocycles. The smallest absolute Gasteiger partial charge is 0.324 e. The van der Waals surface area contributed by atoms with Crippen molar-refractivity contribution in [2.45, 2.75) is 31.8 Å². The van der Waals surface area contributed by atoms with Gasteiger partial charge in [-0.1, -0.05) is 42.5 Å². The van der Waals surface area contributed by atoms with E-state index in [2.05, 4.69) is 29.6 Å². The maximum absolute atomic E-state index is 11.4. The summed E-state index contributed by atoms with van der Waals surface area (Å²) in [4.78, 5) is 11.4. The van der Waals surface area contributed by atoms with Gasteiger partial charge in [-0.25, -0.2) is 0 Å². The van der Waals surface area contributed by atoms with Crippen molar-refractivity contribution in [3.8, 4) is 0 Å². The highest BCUT2D eigenvalue weighted by atomic mass is 16.5. The Kier molecular flexibility index (Phi) is 4.53. The lowest BCUT2D eigenvalue weighted by Gasteiger charge is -1.97. The summed E-state index contributed by atoms with van der Waals surface area (Å²) < 4.78 is 4.95. The molecule has 0 spiro atoms. The molecule has 0 aliphatic carbocycles. The fraction of sp³-hybridized carbons (Fsp3) is 0.400. The third-order valence-electron chi connectivity index (χ3n) is 2.98. The van der Waals surface area contributed by atoms with Crippen molar-refractivity contribution >= 4 is 12.0 Å². The molecule has 2 atom stereocenters. The van der Waals surface area contributed by atoms with Crippen LogP contribution in [0.1, 0.15) is 25.3 Å². The van der Waals surface area contributed by atoms with Crippen molar-refractivity contribution < 1.29 is 9.53 Å². The Balaban J connectivity index is 1.66. The van der Waals surface area contributed by atoms with Crippen LogP contribution in [-0.4, -0.2) is 24.7 Å². The van der Waals surface area contributed by atoms with Crippen LogP contribution in [0, 0.1) is 0 Å². The lowest BCUT2D eigenvalue weighted by molar-refractivity contribution is -0.142. The maximum atomic E-state index is 11.4. The first-order chi connectivity index (χ1) is 8.81. The molecule has 3 heteroatoms. The maximum Gasteiger partial charge on any atom is 0.324 e. The topological polar surface area (TPSA) is 48.2 Å². The number of carbonyl (C=O) groups excluding carboxylic acids is 1. The first kappa shape index (κ1) is 12.8. The number of rotatable bonds is 6. The third kappa shape index (κ3) is 3.70. The third-order valence-corrected chi connectivity index (χ3v) is 2.98. The van der Waals surface area contributed by atoms with E-state index in [0.717, 1.165) is 12.8 Å². The molecule has 3 nitrogen and oxygen atoms in total. The molecule has 0 amide bonds. The van der Waals surface area contributed by atoms with Crippen molar-refractivity contribution in [2.24, 2.45) is 0 Å². The molecule has 0 aromatic heterocycles. The lowest BCUT2D eigenvalue weighted by atomic mass is 10.1. The molecule has 18 heavy (non-hydrogen) atoms. The van der Waals surface area contributed by atoms with Crippen LogP contribution in [0.15, 0.2) is 36.4 Å². The Morgan fingerprint density at radius 3 is 2.89 bits per heavy atom. The summed E-state index contributed by atoms with van der Waals surface area (Å²) in [7, 11) is 0. The van der Waals surface area contributed by atoms with Crippen LogP contribution >= 0.6 is 0 Å². The van der Waals surface area contributed by atoms with Gasteiger partial charge < -0.3 is 4.74 Å². The van der Waals surface area contributed by atoms with E-state index in [9.17, 15) is 4.79 Å². The summed E-state index contributed by atoms with van der Waals surface area (Å²) in [6.45, 7) is 2.29. The number of carbonyl (C=O) groups is 1. The molecule has 1 heterocycles. The van der Waals surface area contributed by atoms with E-state index in [1.54, 1.807) is 0 Å². The molecule has 1 saturated heterocycles. The molecular weight excluding hydrogens is 226 g/mol. The average Bonchev–Trinajstić information content (AvgIpc) is 3.16. The molecular formula is C15H19NO2. The molecule has 0 bridgehead atoms. The van der Waals surface area contributed by atoms with Crippen LogP contribution in [0.5, 0.6) is 0 Å². The molecule has 1 aromatic rings. The summed E-state index contributed by atoms with van der Waals surface area (Å²) in [6, 6.07) is 10.4. The normalized spacial score (nSPS) is 22.1. The van der Waals surface area contributed by atoms with Crippen LogP contribution in [0.4, 0.5) is 0 Å². The Morgan fingerprint density at radius 1 is 1.39 bits per heavy atom. The molecule has 1 aliphatic rings. The predicted molar refractivity (Wildman–Crippen MR) is 72.1 cm³/mol. The van der Waals surface area contributed by atoms with Gasteiger partial charge in [-0.2, -0.15) is 0 Å². The highest BCUT2D eigenvalue weighted by Crippen LogP contribution is 2.18. The molecule has 1 aliphatic heterocycles. The largest absolute Gasteiger partial charge is 0.465 e. The van der Waals surface area contributed by atoms with Gasteiger partial charge in [0.15, 0.2) is 0 Å².